The molecular weight excluding hydrogens is 220 g/mol. The van der Waals surface area contributed by atoms with Crippen LogP contribution in [0.25, 0.3) is 0 Å². The van der Waals surface area contributed by atoms with Crippen LogP contribution in [0.15, 0.2) is 0 Å². The molecule has 3 unspecified atom stereocenters. The molecule has 3 atom stereocenters. The van der Waals surface area contributed by atoms with E-state index in [2.05, 4.69) is 4.90 Å². The minimum Gasteiger partial charge on any atom is -0.327 e. The first-order chi connectivity index (χ1) is 8.83. The zero-order chi connectivity index (χ0) is 12.4. The summed E-state index contributed by atoms with van der Waals surface area (Å²) in [7, 11) is 0. The SMILES string of the molecule is NC1CCCC2CN(CCC3CCCCC3)CC12. The Morgan fingerprint density at radius 2 is 1.72 bits per heavy atom. The third-order valence-corrected chi connectivity index (χ3v) is 5.81. The van der Waals surface area contributed by atoms with Crippen LogP contribution in [-0.2, 0) is 0 Å². The lowest BCUT2D eigenvalue weighted by molar-refractivity contribution is 0.253. The van der Waals surface area contributed by atoms with E-state index in [1.165, 1.54) is 77.4 Å². The van der Waals surface area contributed by atoms with Gasteiger partial charge in [0.25, 0.3) is 0 Å². The van der Waals surface area contributed by atoms with E-state index in [9.17, 15) is 0 Å². The molecular formula is C16H30N2. The van der Waals surface area contributed by atoms with E-state index in [1.54, 1.807) is 0 Å². The molecule has 2 aliphatic carbocycles. The summed E-state index contributed by atoms with van der Waals surface area (Å²) in [4.78, 5) is 2.73. The lowest BCUT2D eigenvalue weighted by Gasteiger charge is -2.30. The fraction of sp³-hybridized carbons (Fsp3) is 1.00. The highest BCUT2D eigenvalue weighted by Gasteiger charge is 2.38. The van der Waals surface area contributed by atoms with Gasteiger partial charge in [-0.15, -0.1) is 0 Å². The first-order valence-corrected chi connectivity index (χ1v) is 8.31. The fourth-order valence-corrected chi connectivity index (χ4v) is 4.63. The number of rotatable bonds is 3. The molecule has 0 radical (unpaired) electrons. The molecule has 2 N–H and O–H groups in total. The van der Waals surface area contributed by atoms with E-state index in [4.69, 9.17) is 5.73 Å². The predicted molar refractivity (Wildman–Crippen MR) is 76.4 cm³/mol. The van der Waals surface area contributed by atoms with Crippen LogP contribution >= 0.6 is 0 Å². The van der Waals surface area contributed by atoms with Crippen LogP contribution in [0.3, 0.4) is 0 Å². The van der Waals surface area contributed by atoms with Crippen LogP contribution in [0, 0.1) is 17.8 Å². The van der Waals surface area contributed by atoms with Gasteiger partial charge in [-0.2, -0.15) is 0 Å². The third kappa shape index (κ3) is 2.91. The summed E-state index contributed by atoms with van der Waals surface area (Å²) in [5, 5.41) is 0. The van der Waals surface area contributed by atoms with Crippen molar-refractivity contribution in [1.82, 2.24) is 4.90 Å². The first-order valence-electron chi connectivity index (χ1n) is 8.31. The lowest BCUT2D eigenvalue weighted by atomic mass is 9.78. The van der Waals surface area contributed by atoms with Gasteiger partial charge in [0, 0.05) is 19.1 Å². The lowest BCUT2D eigenvalue weighted by Crippen LogP contribution is -2.38. The van der Waals surface area contributed by atoms with Crippen LogP contribution in [-0.4, -0.2) is 30.6 Å². The van der Waals surface area contributed by atoms with Crippen LogP contribution in [0.1, 0.15) is 57.8 Å². The molecule has 0 aromatic rings. The Morgan fingerprint density at radius 1 is 0.889 bits per heavy atom. The van der Waals surface area contributed by atoms with Gasteiger partial charge >= 0.3 is 0 Å². The largest absolute Gasteiger partial charge is 0.327 e. The normalized spacial score (nSPS) is 38.8. The number of likely N-dealkylation sites (tertiary alicyclic amines) is 1. The highest BCUT2D eigenvalue weighted by Crippen LogP contribution is 2.36. The van der Waals surface area contributed by atoms with Crippen molar-refractivity contribution in [3.63, 3.8) is 0 Å². The Labute approximate surface area is 112 Å². The molecule has 3 rings (SSSR count). The monoisotopic (exact) mass is 250 g/mol. The maximum atomic E-state index is 6.29. The smallest absolute Gasteiger partial charge is 0.00825 e. The van der Waals surface area contributed by atoms with Crippen LogP contribution < -0.4 is 5.73 Å². The van der Waals surface area contributed by atoms with E-state index in [-0.39, 0.29) is 0 Å². The molecule has 104 valence electrons. The van der Waals surface area contributed by atoms with Gasteiger partial charge in [-0.25, -0.2) is 0 Å². The number of fused-ring (bicyclic) bond motifs is 1. The van der Waals surface area contributed by atoms with Crippen molar-refractivity contribution < 1.29 is 0 Å². The van der Waals surface area contributed by atoms with Crippen LogP contribution in [0.2, 0.25) is 0 Å². The summed E-state index contributed by atoms with van der Waals surface area (Å²) >= 11 is 0. The van der Waals surface area contributed by atoms with Gasteiger partial charge in [0.2, 0.25) is 0 Å². The van der Waals surface area contributed by atoms with Gasteiger partial charge < -0.3 is 10.6 Å². The van der Waals surface area contributed by atoms with Crippen molar-refractivity contribution in [2.75, 3.05) is 19.6 Å². The van der Waals surface area contributed by atoms with Crippen LogP contribution in [0.4, 0.5) is 0 Å². The topological polar surface area (TPSA) is 29.3 Å². The van der Waals surface area contributed by atoms with E-state index >= 15 is 0 Å². The molecule has 0 aromatic heterocycles. The molecule has 3 fully saturated rings. The maximum Gasteiger partial charge on any atom is 0.00825 e. The molecule has 1 aliphatic heterocycles. The highest BCUT2D eigenvalue weighted by atomic mass is 15.2. The predicted octanol–water partition coefficient (Wildman–Crippen LogP) is 3.02. The Bertz CT molecular complexity index is 260. The second kappa shape index (κ2) is 5.92. The molecule has 2 saturated carbocycles. The summed E-state index contributed by atoms with van der Waals surface area (Å²) in [6.07, 6.45) is 13.0. The van der Waals surface area contributed by atoms with Gasteiger partial charge in [0.1, 0.15) is 0 Å². The van der Waals surface area contributed by atoms with Crippen molar-refractivity contribution in [3.05, 3.63) is 0 Å². The molecule has 1 heterocycles. The van der Waals surface area contributed by atoms with E-state index in [0.29, 0.717) is 6.04 Å². The number of nitrogens with zero attached hydrogens (tertiary/aromatic N) is 1. The minimum absolute atomic E-state index is 0.503. The fourth-order valence-electron chi connectivity index (χ4n) is 4.63. The summed E-state index contributed by atoms with van der Waals surface area (Å²) in [5.41, 5.74) is 6.29. The minimum atomic E-state index is 0.503. The second-order valence-corrected chi connectivity index (χ2v) is 7.07. The van der Waals surface area contributed by atoms with Gasteiger partial charge in [0.05, 0.1) is 0 Å². The molecule has 1 saturated heterocycles. The van der Waals surface area contributed by atoms with Gasteiger partial charge in [-0.3, -0.25) is 0 Å². The van der Waals surface area contributed by atoms with Crippen molar-refractivity contribution in [2.24, 2.45) is 23.5 Å². The van der Waals surface area contributed by atoms with Crippen molar-refractivity contribution >= 4 is 0 Å². The second-order valence-electron chi connectivity index (χ2n) is 7.07. The van der Waals surface area contributed by atoms with Gasteiger partial charge in [-0.05, 0) is 43.6 Å². The Balaban J connectivity index is 1.44. The molecule has 3 aliphatic rings. The average Bonchev–Trinajstić information content (AvgIpc) is 2.82. The van der Waals surface area contributed by atoms with E-state index < -0.39 is 0 Å². The highest BCUT2D eigenvalue weighted by molar-refractivity contribution is 4.93. The molecule has 0 spiro atoms. The summed E-state index contributed by atoms with van der Waals surface area (Å²) in [6, 6.07) is 0.503. The molecule has 2 nitrogen and oxygen atoms in total. The molecule has 0 bridgehead atoms. The molecule has 0 aromatic carbocycles. The van der Waals surface area contributed by atoms with Crippen LogP contribution in [0.5, 0.6) is 0 Å². The zero-order valence-corrected chi connectivity index (χ0v) is 11.8. The van der Waals surface area contributed by atoms with Crippen molar-refractivity contribution in [2.45, 2.75) is 63.8 Å². The summed E-state index contributed by atoms with van der Waals surface area (Å²) in [5.74, 6) is 2.79. The molecule has 18 heavy (non-hydrogen) atoms. The summed E-state index contributed by atoms with van der Waals surface area (Å²) in [6.45, 7) is 4.01. The number of hydrogen-bond donors (Lipinski definition) is 1. The number of hydrogen-bond acceptors (Lipinski definition) is 2. The van der Waals surface area contributed by atoms with Gasteiger partial charge in [-0.1, -0.05) is 38.5 Å². The number of nitrogens with two attached hydrogens (primary N) is 1. The summed E-state index contributed by atoms with van der Waals surface area (Å²) < 4.78 is 0. The standard InChI is InChI=1S/C16H30N2/c17-16-8-4-7-14-11-18(12-15(14)16)10-9-13-5-2-1-3-6-13/h13-16H,1-12,17H2. The Morgan fingerprint density at radius 3 is 2.50 bits per heavy atom. The first kappa shape index (κ1) is 12.9. The molecule has 2 heteroatoms. The van der Waals surface area contributed by atoms with Gasteiger partial charge in [0.15, 0.2) is 0 Å². The quantitative estimate of drug-likeness (QED) is 0.834. The average molecular weight is 250 g/mol. The maximum absolute atomic E-state index is 6.29. The zero-order valence-electron chi connectivity index (χ0n) is 11.8. The van der Waals surface area contributed by atoms with Crippen molar-refractivity contribution in [1.29, 1.82) is 0 Å². The van der Waals surface area contributed by atoms with Crippen molar-refractivity contribution in [3.8, 4) is 0 Å². The molecule has 0 amide bonds. The van der Waals surface area contributed by atoms with E-state index in [0.717, 1.165) is 17.8 Å². The third-order valence-electron chi connectivity index (χ3n) is 5.81. The van der Waals surface area contributed by atoms with E-state index in [1.807, 2.05) is 0 Å². The Hall–Kier alpha value is -0.0800. The Kier molecular flexibility index (Phi) is 4.25.